The summed E-state index contributed by atoms with van der Waals surface area (Å²) in [5.41, 5.74) is 5.92. The zero-order valence-corrected chi connectivity index (χ0v) is 15.2. The Hall–Kier alpha value is -0.630. The molecule has 7 heteroatoms. The summed E-state index contributed by atoms with van der Waals surface area (Å²) in [6.07, 6.45) is 6.16. The summed E-state index contributed by atoms with van der Waals surface area (Å²) in [6.45, 7) is 0.255. The minimum Gasteiger partial charge on any atom is -0.495 e. The van der Waals surface area contributed by atoms with E-state index in [1.54, 1.807) is 12.1 Å². The Balaban J connectivity index is 2.16. The van der Waals surface area contributed by atoms with Gasteiger partial charge in [0, 0.05) is 16.6 Å². The van der Waals surface area contributed by atoms with E-state index in [-0.39, 0.29) is 11.4 Å². The average molecular weight is 391 g/mol. The maximum absolute atomic E-state index is 12.6. The second kappa shape index (κ2) is 7.29. The molecule has 1 aromatic rings. The van der Waals surface area contributed by atoms with Crippen LogP contribution in [-0.4, -0.2) is 27.6 Å². The van der Waals surface area contributed by atoms with Crippen LogP contribution in [0.15, 0.2) is 27.6 Å². The number of benzene rings is 1. The van der Waals surface area contributed by atoms with Gasteiger partial charge in [0.25, 0.3) is 0 Å². The third kappa shape index (κ3) is 4.44. The highest BCUT2D eigenvalue weighted by molar-refractivity contribution is 9.10. The molecule has 1 aliphatic carbocycles. The summed E-state index contributed by atoms with van der Waals surface area (Å²) in [5.74, 6) is 0.322. The molecule has 0 saturated heterocycles. The maximum atomic E-state index is 12.6. The zero-order valence-electron chi connectivity index (χ0n) is 12.8. The van der Waals surface area contributed by atoms with E-state index in [1.807, 2.05) is 0 Å². The lowest BCUT2D eigenvalue weighted by molar-refractivity contribution is 0.368. The molecule has 22 heavy (non-hydrogen) atoms. The van der Waals surface area contributed by atoms with Gasteiger partial charge in [-0.3, -0.25) is 0 Å². The Labute approximate surface area is 140 Å². The van der Waals surface area contributed by atoms with Gasteiger partial charge < -0.3 is 10.5 Å². The predicted octanol–water partition coefficient (Wildman–Crippen LogP) is 2.79. The second-order valence-corrected chi connectivity index (χ2v) is 8.55. The van der Waals surface area contributed by atoms with E-state index in [9.17, 15) is 8.42 Å². The quantitative estimate of drug-likeness (QED) is 0.757. The molecule has 1 aromatic carbocycles. The van der Waals surface area contributed by atoms with Crippen LogP contribution in [0.3, 0.4) is 0 Å². The van der Waals surface area contributed by atoms with Crippen LogP contribution in [0.4, 0.5) is 0 Å². The number of hydrogen-bond acceptors (Lipinski definition) is 4. The smallest absolute Gasteiger partial charge is 0.244 e. The van der Waals surface area contributed by atoms with Crippen LogP contribution in [-0.2, 0) is 10.0 Å². The highest BCUT2D eigenvalue weighted by Crippen LogP contribution is 2.28. The third-order valence-electron chi connectivity index (χ3n) is 4.13. The number of halogens is 1. The molecule has 0 heterocycles. The van der Waals surface area contributed by atoms with Crippen molar-refractivity contribution in [2.45, 2.75) is 49.0 Å². The minimum absolute atomic E-state index is 0.126. The molecule has 0 aromatic heterocycles. The number of nitrogens with two attached hydrogens (primary N) is 1. The van der Waals surface area contributed by atoms with Crippen molar-refractivity contribution >= 4 is 26.0 Å². The van der Waals surface area contributed by atoms with E-state index >= 15 is 0 Å². The van der Waals surface area contributed by atoms with Gasteiger partial charge in [-0.15, -0.1) is 0 Å². The van der Waals surface area contributed by atoms with Crippen LogP contribution >= 0.6 is 15.9 Å². The molecule has 1 aliphatic rings. The Morgan fingerprint density at radius 3 is 2.50 bits per heavy atom. The molecule has 0 spiro atoms. The van der Waals surface area contributed by atoms with E-state index in [4.69, 9.17) is 10.5 Å². The van der Waals surface area contributed by atoms with Crippen LogP contribution < -0.4 is 15.2 Å². The number of nitrogens with one attached hydrogen (secondary N) is 1. The molecule has 0 atom stereocenters. The molecule has 124 valence electrons. The highest BCUT2D eigenvalue weighted by Gasteiger charge is 2.29. The first kappa shape index (κ1) is 17.7. The van der Waals surface area contributed by atoms with Crippen LogP contribution in [0.5, 0.6) is 5.75 Å². The molecule has 1 fully saturated rings. The molecular formula is C15H23BrN2O3S. The number of hydrogen-bond donors (Lipinski definition) is 2. The fourth-order valence-electron chi connectivity index (χ4n) is 2.79. The summed E-state index contributed by atoms with van der Waals surface area (Å²) >= 11 is 3.29. The summed E-state index contributed by atoms with van der Waals surface area (Å²) in [6, 6.07) is 4.91. The van der Waals surface area contributed by atoms with E-state index in [0.717, 1.165) is 25.7 Å². The van der Waals surface area contributed by atoms with Crippen molar-refractivity contribution in [3.8, 4) is 5.75 Å². The molecular weight excluding hydrogens is 368 g/mol. The Morgan fingerprint density at radius 2 is 1.91 bits per heavy atom. The molecule has 0 amide bonds. The third-order valence-corrected chi connectivity index (χ3v) is 6.04. The lowest BCUT2D eigenvalue weighted by Crippen LogP contribution is -2.49. The number of rotatable bonds is 5. The highest BCUT2D eigenvalue weighted by atomic mass is 79.9. The standard InChI is InChI=1S/C15H23BrN2O3S/c1-21-13-7-6-12(16)10-14(13)22(19,20)18-11-15(17)8-4-2-3-5-9-15/h6-7,10,18H,2-5,8-9,11,17H2,1H3. The van der Waals surface area contributed by atoms with Crippen molar-refractivity contribution < 1.29 is 13.2 Å². The summed E-state index contributed by atoms with van der Waals surface area (Å²) in [4.78, 5) is 0.126. The first-order chi connectivity index (χ1) is 10.4. The van der Waals surface area contributed by atoms with Crippen LogP contribution in [0.1, 0.15) is 38.5 Å². The number of sulfonamides is 1. The SMILES string of the molecule is COc1ccc(Br)cc1S(=O)(=O)NCC1(N)CCCCCC1. The van der Waals surface area contributed by atoms with Crippen molar-refractivity contribution in [2.24, 2.45) is 5.73 Å². The van der Waals surface area contributed by atoms with Gasteiger partial charge >= 0.3 is 0 Å². The van der Waals surface area contributed by atoms with Gasteiger partial charge in [-0.05, 0) is 31.0 Å². The van der Waals surface area contributed by atoms with E-state index in [0.29, 0.717) is 10.2 Å². The molecule has 0 radical (unpaired) electrons. The van der Waals surface area contributed by atoms with E-state index < -0.39 is 15.6 Å². The molecule has 3 N–H and O–H groups in total. The molecule has 5 nitrogen and oxygen atoms in total. The topological polar surface area (TPSA) is 81.4 Å². The zero-order chi connectivity index (χ0) is 16.2. The fraction of sp³-hybridized carbons (Fsp3) is 0.600. The van der Waals surface area contributed by atoms with Crippen LogP contribution in [0, 0.1) is 0 Å². The maximum Gasteiger partial charge on any atom is 0.244 e. The Bertz CT molecular complexity index is 611. The molecule has 2 rings (SSSR count). The molecule has 1 saturated carbocycles. The lowest BCUT2D eigenvalue weighted by Gasteiger charge is -2.28. The van der Waals surface area contributed by atoms with Crippen molar-refractivity contribution in [2.75, 3.05) is 13.7 Å². The molecule has 0 bridgehead atoms. The first-order valence-electron chi connectivity index (χ1n) is 7.48. The second-order valence-electron chi connectivity index (χ2n) is 5.90. The molecule has 0 unspecified atom stereocenters. The van der Waals surface area contributed by atoms with Gasteiger partial charge in [-0.25, -0.2) is 13.1 Å². The van der Waals surface area contributed by atoms with Crippen LogP contribution in [0.2, 0.25) is 0 Å². The fourth-order valence-corrected chi connectivity index (χ4v) is 4.63. The largest absolute Gasteiger partial charge is 0.495 e. The van der Waals surface area contributed by atoms with Crippen molar-refractivity contribution in [1.29, 1.82) is 0 Å². The van der Waals surface area contributed by atoms with Gasteiger partial charge in [-0.1, -0.05) is 41.6 Å². The lowest BCUT2D eigenvalue weighted by atomic mass is 9.92. The summed E-state index contributed by atoms with van der Waals surface area (Å²) in [7, 11) is -2.20. The van der Waals surface area contributed by atoms with E-state index in [2.05, 4.69) is 20.7 Å². The van der Waals surface area contributed by atoms with Gasteiger partial charge in [0.15, 0.2) is 0 Å². The van der Waals surface area contributed by atoms with Gasteiger partial charge in [0.2, 0.25) is 10.0 Å². The van der Waals surface area contributed by atoms with Crippen molar-refractivity contribution in [1.82, 2.24) is 4.72 Å². The predicted molar refractivity (Wildman–Crippen MR) is 90.5 cm³/mol. The first-order valence-corrected chi connectivity index (χ1v) is 9.76. The van der Waals surface area contributed by atoms with Crippen molar-refractivity contribution in [3.05, 3.63) is 22.7 Å². The minimum atomic E-state index is -3.66. The number of methoxy groups -OCH3 is 1. The summed E-state index contributed by atoms with van der Waals surface area (Å²) in [5, 5.41) is 0. The monoisotopic (exact) mass is 390 g/mol. The Kier molecular flexibility index (Phi) is 5.87. The summed E-state index contributed by atoms with van der Waals surface area (Å²) < 4.78 is 33.6. The normalized spacial score (nSPS) is 18.7. The molecule has 0 aliphatic heterocycles. The van der Waals surface area contributed by atoms with Crippen molar-refractivity contribution in [3.63, 3.8) is 0 Å². The van der Waals surface area contributed by atoms with Gasteiger partial charge in [0.05, 0.1) is 7.11 Å². The van der Waals surface area contributed by atoms with Gasteiger partial charge in [0.1, 0.15) is 10.6 Å². The van der Waals surface area contributed by atoms with Crippen LogP contribution in [0.25, 0.3) is 0 Å². The van der Waals surface area contributed by atoms with E-state index in [1.165, 1.54) is 26.0 Å². The number of ether oxygens (including phenoxy) is 1. The Morgan fingerprint density at radius 1 is 1.27 bits per heavy atom. The van der Waals surface area contributed by atoms with Gasteiger partial charge in [-0.2, -0.15) is 0 Å². The average Bonchev–Trinajstić information content (AvgIpc) is 2.71.